The summed E-state index contributed by atoms with van der Waals surface area (Å²) >= 11 is 0. The van der Waals surface area contributed by atoms with E-state index in [1.807, 2.05) is 6.08 Å². The second-order valence-corrected chi connectivity index (χ2v) is 4.77. The number of allylic oxidation sites excluding steroid dienone is 1. The lowest BCUT2D eigenvalue weighted by atomic mass is 9.95. The maximum atomic E-state index is 3.75. The molecule has 1 aromatic rings. The van der Waals surface area contributed by atoms with Crippen LogP contribution in [-0.4, -0.2) is 0 Å². The minimum atomic E-state index is 1.16. The Hall–Kier alpha value is -1.04. The Kier molecular flexibility index (Phi) is 5.31. The molecule has 1 aromatic carbocycles. The summed E-state index contributed by atoms with van der Waals surface area (Å²) < 4.78 is 0. The van der Waals surface area contributed by atoms with E-state index in [1.54, 1.807) is 5.56 Å². The van der Waals surface area contributed by atoms with Gasteiger partial charge in [0.05, 0.1) is 0 Å². The van der Waals surface area contributed by atoms with Crippen LogP contribution in [0.5, 0.6) is 0 Å². The first-order chi connectivity index (χ1) is 7.65. The van der Waals surface area contributed by atoms with E-state index in [0.29, 0.717) is 0 Å². The summed E-state index contributed by atoms with van der Waals surface area (Å²) in [7, 11) is 0. The standard InChI is InChI=1S/C16H24/c1-5-6-7-8-9-10-16-14(3)11-13(2)12-15(16)4/h5,11-12H,1,6-10H2,2-4H3. The van der Waals surface area contributed by atoms with Crippen molar-refractivity contribution in [3.05, 3.63) is 47.0 Å². The molecule has 0 bridgehead atoms. The van der Waals surface area contributed by atoms with E-state index in [4.69, 9.17) is 0 Å². The highest BCUT2D eigenvalue weighted by Crippen LogP contribution is 2.19. The van der Waals surface area contributed by atoms with Crippen molar-refractivity contribution >= 4 is 0 Å². The van der Waals surface area contributed by atoms with Crippen LogP contribution in [-0.2, 0) is 6.42 Å². The molecule has 0 fully saturated rings. The SMILES string of the molecule is C=CCCCCCc1c(C)cc(C)cc1C. The molecule has 0 amide bonds. The summed E-state index contributed by atoms with van der Waals surface area (Å²) in [6.07, 6.45) is 8.31. The fourth-order valence-electron chi connectivity index (χ4n) is 2.37. The average molecular weight is 216 g/mol. The molecule has 0 heteroatoms. The summed E-state index contributed by atoms with van der Waals surface area (Å²) in [5, 5.41) is 0. The van der Waals surface area contributed by atoms with Gasteiger partial charge in [-0.25, -0.2) is 0 Å². The van der Waals surface area contributed by atoms with Gasteiger partial charge >= 0.3 is 0 Å². The predicted molar refractivity (Wildman–Crippen MR) is 73.0 cm³/mol. The fourth-order valence-corrected chi connectivity index (χ4v) is 2.37. The minimum Gasteiger partial charge on any atom is -0.103 e. The van der Waals surface area contributed by atoms with E-state index in [2.05, 4.69) is 39.5 Å². The molecule has 0 aliphatic carbocycles. The number of rotatable bonds is 6. The van der Waals surface area contributed by atoms with Crippen molar-refractivity contribution in [2.45, 2.75) is 52.9 Å². The molecule has 0 heterocycles. The first-order valence-corrected chi connectivity index (χ1v) is 6.32. The second kappa shape index (κ2) is 6.52. The third-order valence-corrected chi connectivity index (χ3v) is 3.18. The maximum Gasteiger partial charge on any atom is -0.0274 e. The molecular weight excluding hydrogens is 192 g/mol. The van der Waals surface area contributed by atoms with E-state index in [1.165, 1.54) is 42.4 Å². The van der Waals surface area contributed by atoms with Crippen molar-refractivity contribution in [3.63, 3.8) is 0 Å². The van der Waals surface area contributed by atoms with Crippen molar-refractivity contribution in [2.75, 3.05) is 0 Å². The van der Waals surface area contributed by atoms with Crippen LogP contribution in [0.1, 0.15) is 47.9 Å². The van der Waals surface area contributed by atoms with Gasteiger partial charge in [-0.05, 0) is 63.1 Å². The van der Waals surface area contributed by atoms with Crippen LogP contribution in [0, 0.1) is 20.8 Å². The number of unbranched alkanes of at least 4 members (excludes halogenated alkanes) is 3. The van der Waals surface area contributed by atoms with Crippen LogP contribution in [0.3, 0.4) is 0 Å². The Bertz CT molecular complexity index is 324. The minimum absolute atomic E-state index is 1.16. The summed E-state index contributed by atoms with van der Waals surface area (Å²) in [4.78, 5) is 0. The molecule has 0 aliphatic rings. The van der Waals surface area contributed by atoms with Crippen LogP contribution in [0.4, 0.5) is 0 Å². The zero-order valence-electron chi connectivity index (χ0n) is 11.0. The van der Waals surface area contributed by atoms with E-state index >= 15 is 0 Å². The summed E-state index contributed by atoms with van der Waals surface area (Å²) in [5.41, 5.74) is 5.86. The molecule has 16 heavy (non-hydrogen) atoms. The number of aryl methyl sites for hydroxylation is 3. The molecule has 1 rings (SSSR count). The van der Waals surface area contributed by atoms with Crippen molar-refractivity contribution in [1.82, 2.24) is 0 Å². The van der Waals surface area contributed by atoms with Gasteiger partial charge in [-0.15, -0.1) is 6.58 Å². The van der Waals surface area contributed by atoms with Gasteiger partial charge in [0.25, 0.3) is 0 Å². The van der Waals surface area contributed by atoms with Crippen LogP contribution in [0.25, 0.3) is 0 Å². The van der Waals surface area contributed by atoms with Gasteiger partial charge in [-0.3, -0.25) is 0 Å². The third-order valence-electron chi connectivity index (χ3n) is 3.18. The van der Waals surface area contributed by atoms with Gasteiger partial charge in [0.2, 0.25) is 0 Å². The van der Waals surface area contributed by atoms with Gasteiger partial charge < -0.3 is 0 Å². The topological polar surface area (TPSA) is 0 Å². The zero-order chi connectivity index (χ0) is 12.0. The molecule has 0 unspecified atom stereocenters. The maximum absolute atomic E-state index is 3.75. The molecule has 0 saturated heterocycles. The summed E-state index contributed by atoms with van der Waals surface area (Å²) in [6.45, 7) is 10.4. The molecule has 0 N–H and O–H groups in total. The van der Waals surface area contributed by atoms with Gasteiger partial charge in [0.1, 0.15) is 0 Å². The lowest BCUT2D eigenvalue weighted by Gasteiger charge is -2.11. The lowest BCUT2D eigenvalue weighted by molar-refractivity contribution is 0.684. The van der Waals surface area contributed by atoms with Crippen molar-refractivity contribution < 1.29 is 0 Å². The molecule has 0 radical (unpaired) electrons. The molecule has 0 aromatic heterocycles. The fraction of sp³-hybridized carbons (Fsp3) is 0.500. The smallest absolute Gasteiger partial charge is 0.0274 e. The number of hydrogen-bond donors (Lipinski definition) is 0. The monoisotopic (exact) mass is 216 g/mol. The third kappa shape index (κ3) is 3.84. The van der Waals surface area contributed by atoms with Gasteiger partial charge in [0, 0.05) is 0 Å². The van der Waals surface area contributed by atoms with Crippen LogP contribution in [0.2, 0.25) is 0 Å². The van der Waals surface area contributed by atoms with Crippen LogP contribution in [0.15, 0.2) is 24.8 Å². The summed E-state index contributed by atoms with van der Waals surface area (Å²) in [6, 6.07) is 4.60. The van der Waals surface area contributed by atoms with Crippen LogP contribution < -0.4 is 0 Å². The Morgan fingerprint density at radius 3 is 2.19 bits per heavy atom. The largest absolute Gasteiger partial charge is 0.103 e. The van der Waals surface area contributed by atoms with Gasteiger partial charge in [-0.1, -0.05) is 30.2 Å². The number of hydrogen-bond acceptors (Lipinski definition) is 0. The molecular formula is C16H24. The lowest BCUT2D eigenvalue weighted by Crippen LogP contribution is -1.95. The van der Waals surface area contributed by atoms with Crippen LogP contribution >= 0.6 is 0 Å². The van der Waals surface area contributed by atoms with E-state index < -0.39 is 0 Å². The zero-order valence-corrected chi connectivity index (χ0v) is 11.0. The average Bonchev–Trinajstić information content (AvgIpc) is 2.20. The number of benzene rings is 1. The molecule has 0 nitrogen and oxygen atoms in total. The quantitative estimate of drug-likeness (QED) is 0.468. The molecule has 0 spiro atoms. The Morgan fingerprint density at radius 1 is 1.00 bits per heavy atom. The highest BCUT2D eigenvalue weighted by atomic mass is 14.1. The van der Waals surface area contributed by atoms with E-state index in [9.17, 15) is 0 Å². The molecule has 88 valence electrons. The summed E-state index contributed by atoms with van der Waals surface area (Å²) in [5.74, 6) is 0. The van der Waals surface area contributed by atoms with Crippen molar-refractivity contribution in [2.24, 2.45) is 0 Å². The Balaban J connectivity index is 2.50. The Labute approximate surface area is 100 Å². The van der Waals surface area contributed by atoms with Crippen molar-refractivity contribution in [1.29, 1.82) is 0 Å². The van der Waals surface area contributed by atoms with E-state index in [0.717, 1.165) is 6.42 Å². The van der Waals surface area contributed by atoms with E-state index in [-0.39, 0.29) is 0 Å². The molecule has 0 atom stereocenters. The first kappa shape index (κ1) is 13.0. The van der Waals surface area contributed by atoms with Crippen molar-refractivity contribution in [3.8, 4) is 0 Å². The second-order valence-electron chi connectivity index (χ2n) is 4.77. The first-order valence-electron chi connectivity index (χ1n) is 6.32. The van der Waals surface area contributed by atoms with Gasteiger partial charge in [0.15, 0.2) is 0 Å². The molecule has 0 saturated carbocycles. The van der Waals surface area contributed by atoms with Gasteiger partial charge in [-0.2, -0.15) is 0 Å². The normalized spacial score (nSPS) is 10.4. The Morgan fingerprint density at radius 2 is 1.62 bits per heavy atom. The predicted octanol–water partition coefficient (Wildman–Crippen LogP) is 4.90. The highest BCUT2D eigenvalue weighted by molar-refractivity contribution is 5.37. The highest BCUT2D eigenvalue weighted by Gasteiger charge is 2.03. The molecule has 0 aliphatic heterocycles.